The van der Waals surface area contributed by atoms with Crippen LogP contribution in [0.1, 0.15) is 34.5 Å². The van der Waals surface area contributed by atoms with Crippen LogP contribution in [0.4, 0.5) is 0 Å². The van der Waals surface area contributed by atoms with Crippen LogP contribution in [0.5, 0.6) is 0 Å². The van der Waals surface area contributed by atoms with Crippen LogP contribution in [-0.4, -0.2) is 8.42 Å². The van der Waals surface area contributed by atoms with Crippen molar-refractivity contribution in [3.63, 3.8) is 0 Å². The molecule has 0 aromatic heterocycles. The van der Waals surface area contributed by atoms with Gasteiger partial charge in [-0.15, -0.1) is 0 Å². The summed E-state index contributed by atoms with van der Waals surface area (Å²) in [5.74, 6) is 0. The zero-order valence-electron chi connectivity index (χ0n) is 10.6. The van der Waals surface area contributed by atoms with Crippen molar-refractivity contribution in [2.24, 2.45) is 0 Å². The summed E-state index contributed by atoms with van der Waals surface area (Å²) in [6, 6.07) is 19.1. The van der Waals surface area contributed by atoms with Crippen LogP contribution in [-0.2, 0) is 9.84 Å². The molecule has 1 aliphatic heterocycles. The van der Waals surface area contributed by atoms with Gasteiger partial charge in [-0.05, 0) is 24.0 Å². The van der Waals surface area contributed by atoms with Crippen molar-refractivity contribution in [3.05, 3.63) is 71.8 Å². The van der Waals surface area contributed by atoms with Gasteiger partial charge in [-0.1, -0.05) is 60.7 Å². The van der Waals surface area contributed by atoms with E-state index in [9.17, 15) is 8.42 Å². The lowest BCUT2D eigenvalue weighted by molar-refractivity contribution is 0.585. The van der Waals surface area contributed by atoms with E-state index < -0.39 is 9.84 Å². The molecule has 0 radical (unpaired) electrons. The summed E-state index contributed by atoms with van der Waals surface area (Å²) in [7, 11) is -3.13. The van der Waals surface area contributed by atoms with Gasteiger partial charge in [0.25, 0.3) is 0 Å². The minimum absolute atomic E-state index is 0.348. The fraction of sp³-hybridized carbons (Fsp3) is 0.250. The second kappa shape index (κ2) is 4.82. The first kappa shape index (κ1) is 12.4. The zero-order valence-corrected chi connectivity index (χ0v) is 11.4. The van der Waals surface area contributed by atoms with Crippen molar-refractivity contribution in [2.45, 2.75) is 23.3 Å². The van der Waals surface area contributed by atoms with Crippen LogP contribution in [0.2, 0.25) is 0 Å². The van der Waals surface area contributed by atoms with E-state index in [0.717, 1.165) is 11.1 Å². The van der Waals surface area contributed by atoms with Crippen molar-refractivity contribution in [1.29, 1.82) is 0 Å². The normalized spacial score (nSPS) is 25.3. The van der Waals surface area contributed by atoms with Crippen LogP contribution in [0.15, 0.2) is 60.7 Å². The minimum atomic E-state index is -3.13. The summed E-state index contributed by atoms with van der Waals surface area (Å²) in [5, 5.41) is -0.696. The first-order valence-corrected chi connectivity index (χ1v) is 8.13. The highest BCUT2D eigenvalue weighted by Gasteiger charge is 2.42. The van der Waals surface area contributed by atoms with Gasteiger partial charge in [-0.25, -0.2) is 8.42 Å². The molecule has 2 aromatic carbocycles. The van der Waals surface area contributed by atoms with E-state index in [-0.39, 0.29) is 10.5 Å². The maximum absolute atomic E-state index is 12.7. The van der Waals surface area contributed by atoms with Crippen LogP contribution in [0.3, 0.4) is 0 Å². The molecule has 0 aliphatic carbocycles. The smallest absolute Gasteiger partial charge is 0.164 e. The monoisotopic (exact) mass is 272 g/mol. The summed E-state index contributed by atoms with van der Waals surface area (Å²) in [5.41, 5.74) is 1.84. The molecular weight excluding hydrogens is 256 g/mol. The van der Waals surface area contributed by atoms with E-state index in [1.54, 1.807) is 0 Å². The molecule has 1 fully saturated rings. The molecule has 2 atom stereocenters. The van der Waals surface area contributed by atoms with Crippen LogP contribution >= 0.6 is 0 Å². The molecule has 0 bridgehead atoms. The molecule has 3 heteroatoms. The molecule has 0 saturated carbocycles. The quantitative estimate of drug-likeness (QED) is 0.835. The molecule has 2 aromatic rings. The maximum atomic E-state index is 12.7. The molecular formula is C16H16O2S. The Balaban J connectivity index is 1.98. The summed E-state index contributed by atoms with van der Waals surface area (Å²) in [4.78, 5) is 0. The molecule has 98 valence electrons. The summed E-state index contributed by atoms with van der Waals surface area (Å²) in [6.07, 6.45) is 1.43. The van der Waals surface area contributed by atoms with E-state index in [2.05, 4.69) is 0 Å². The topological polar surface area (TPSA) is 34.1 Å². The Hall–Kier alpha value is -1.61. The number of benzene rings is 2. The Morgan fingerprint density at radius 1 is 0.684 bits per heavy atom. The first-order chi connectivity index (χ1) is 9.19. The predicted octanol–water partition coefficient (Wildman–Crippen LogP) is 3.68. The lowest BCUT2D eigenvalue weighted by Gasteiger charge is -2.14. The molecule has 3 rings (SSSR count). The molecule has 1 heterocycles. The lowest BCUT2D eigenvalue weighted by Crippen LogP contribution is -2.12. The molecule has 1 aliphatic rings. The summed E-state index contributed by atoms with van der Waals surface area (Å²) < 4.78 is 25.4. The van der Waals surface area contributed by atoms with Gasteiger partial charge in [-0.2, -0.15) is 0 Å². The van der Waals surface area contributed by atoms with Gasteiger partial charge in [0.05, 0.1) is 10.5 Å². The van der Waals surface area contributed by atoms with Gasteiger partial charge in [0.15, 0.2) is 9.84 Å². The molecule has 0 N–H and O–H groups in total. The highest BCUT2D eigenvalue weighted by molar-refractivity contribution is 7.92. The van der Waals surface area contributed by atoms with Gasteiger partial charge in [-0.3, -0.25) is 0 Å². The van der Waals surface area contributed by atoms with E-state index in [4.69, 9.17) is 0 Å². The summed E-state index contributed by atoms with van der Waals surface area (Å²) >= 11 is 0. The molecule has 0 amide bonds. The Bertz CT molecular complexity index is 594. The van der Waals surface area contributed by atoms with E-state index in [1.807, 2.05) is 60.7 Å². The highest BCUT2D eigenvalue weighted by Crippen LogP contribution is 2.46. The Kier molecular flexibility index (Phi) is 3.15. The average molecular weight is 272 g/mol. The van der Waals surface area contributed by atoms with E-state index in [1.165, 1.54) is 0 Å². The first-order valence-electron chi connectivity index (χ1n) is 6.52. The molecule has 0 spiro atoms. The van der Waals surface area contributed by atoms with Crippen molar-refractivity contribution in [3.8, 4) is 0 Å². The highest BCUT2D eigenvalue weighted by atomic mass is 32.2. The third-order valence-corrected chi connectivity index (χ3v) is 6.43. The summed E-state index contributed by atoms with van der Waals surface area (Å²) in [6.45, 7) is 0. The lowest BCUT2D eigenvalue weighted by atomic mass is 10.0. The van der Waals surface area contributed by atoms with Crippen LogP contribution in [0.25, 0.3) is 0 Å². The fourth-order valence-corrected chi connectivity index (χ4v) is 5.28. The third-order valence-electron chi connectivity index (χ3n) is 3.83. The number of hydrogen-bond acceptors (Lipinski definition) is 2. The Labute approximate surface area is 114 Å². The van der Waals surface area contributed by atoms with Crippen molar-refractivity contribution < 1.29 is 8.42 Å². The SMILES string of the molecule is O=S1(=O)C(c2ccccc2)CCC1c1ccccc1. The second-order valence-electron chi connectivity index (χ2n) is 4.97. The standard InChI is InChI=1S/C16H16O2S/c17-19(18)15(13-7-3-1-4-8-13)11-12-16(19)14-9-5-2-6-10-14/h1-10,15-16H,11-12H2. The van der Waals surface area contributed by atoms with Crippen molar-refractivity contribution >= 4 is 9.84 Å². The maximum Gasteiger partial charge on any atom is 0.164 e. The Morgan fingerprint density at radius 2 is 1.05 bits per heavy atom. The minimum Gasteiger partial charge on any atom is -0.228 e. The third kappa shape index (κ3) is 2.19. The van der Waals surface area contributed by atoms with Gasteiger partial charge in [0.1, 0.15) is 0 Å². The largest absolute Gasteiger partial charge is 0.228 e. The van der Waals surface area contributed by atoms with Gasteiger partial charge in [0.2, 0.25) is 0 Å². The Morgan fingerprint density at radius 3 is 1.42 bits per heavy atom. The fourth-order valence-electron chi connectivity index (χ4n) is 2.88. The number of hydrogen-bond donors (Lipinski definition) is 0. The molecule has 2 nitrogen and oxygen atoms in total. The predicted molar refractivity (Wildman–Crippen MR) is 76.5 cm³/mol. The van der Waals surface area contributed by atoms with E-state index >= 15 is 0 Å². The van der Waals surface area contributed by atoms with Gasteiger partial charge < -0.3 is 0 Å². The van der Waals surface area contributed by atoms with Crippen molar-refractivity contribution in [2.75, 3.05) is 0 Å². The van der Waals surface area contributed by atoms with E-state index in [0.29, 0.717) is 12.8 Å². The zero-order chi connectivity index (χ0) is 13.3. The van der Waals surface area contributed by atoms with Crippen LogP contribution < -0.4 is 0 Å². The number of sulfone groups is 1. The van der Waals surface area contributed by atoms with Crippen LogP contribution in [0, 0.1) is 0 Å². The molecule has 2 unspecified atom stereocenters. The molecule has 19 heavy (non-hydrogen) atoms. The van der Waals surface area contributed by atoms with Gasteiger partial charge >= 0.3 is 0 Å². The van der Waals surface area contributed by atoms with Crippen molar-refractivity contribution in [1.82, 2.24) is 0 Å². The molecule has 1 saturated heterocycles. The average Bonchev–Trinajstić information content (AvgIpc) is 2.76. The second-order valence-corrected chi connectivity index (χ2v) is 7.28. The van der Waals surface area contributed by atoms with Gasteiger partial charge in [0, 0.05) is 0 Å². The number of rotatable bonds is 2.